The van der Waals surface area contributed by atoms with E-state index in [1.165, 1.54) is 0 Å². The van der Waals surface area contributed by atoms with E-state index in [-0.39, 0.29) is 32.1 Å². The van der Waals surface area contributed by atoms with E-state index in [2.05, 4.69) is 16.0 Å². The van der Waals surface area contributed by atoms with Gasteiger partial charge in [0.2, 0.25) is 35.4 Å². The van der Waals surface area contributed by atoms with Gasteiger partial charge in [-0.1, -0.05) is 30.3 Å². The molecule has 0 radical (unpaired) electrons. The Balaban J connectivity index is 3.13. The van der Waals surface area contributed by atoms with Gasteiger partial charge in [0.25, 0.3) is 0 Å². The first-order valence-corrected chi connectivity index (χ1v) is 11.6. The monoisotopic (exact) mass is 535 g/mol. The van der Waals surface area contributed by atoms with Crippen molar-refractivity contribution in [1.82, 2.24) is 16.0 Å². The number of hydrogen-bond donors (Lipinski definition) is 8. The van der Waals surface area contributed by atoms with Crippen molar-refractivity contribution in [2.24, 2.45) is 22.9 Å². The molecule has 1 rings (SSSR count). The minimum absolute atomic E-state index is 0.0395. The molecule has 208 valence electrons. The zero-order valence-corrected chi connectivity index (χ0v) is 20.6. The van der Waals surface area contributed by atoms with Crippen molar-refractivity contribution >= 4 is 41.4 Å². The molecular weight excluding hydrogens is 502 g/mol. The highest BCUT2D eigenvalue weighted by Crippen LogP contribution is 2.07. The van der Waals surface area contributed by atoms with E-state index in [0.717, 1.165) is 0 Å². The zero-order valence-electron chi connectivity index (χ0n) is 20.6. The molecule has 1 aromatic carbocycles. The van der Waals surface area contributed by atoms with Gasteiger partial charge in [-0.15, -0.1) is 0 Å². The lowest BCUT2D eigenvalue weighted by molar-refractivity contribution is -0.142. The lowest BCUT2D eigenvalue weighted by Crippen LogP contribution is -2.58. The van der Waals surface area contributed by atoms with Crippen LogP contribution in [0.25, 0.3) is 0 Å². The number of rotatable bonds is 17. The number of nitrogens with two attached hydrogens (primary N) is 4. The van der Waals surface area contributed by atoms with Crippen molar-refractivity contribution in [1.29, 1.82) is 0 Å². The van der Waals surface area contributed by atoms with Gasteiger partial charge >= 0.3 is 5.97 Å². The fourth-order valence-electron chi connectivity index (χ4n) is 3.29. The number of nitrogens with one attached hydrogen (secondary N) is 3. The van der Waals surface area contributed by atoms with Crippen molar-refractivity contribution in [2.75, 3.05) is 0 Å². The van der Waals surface area contributed by atoms with E-state index in [0.29, 0.717) is 5.56 Å². The van der Waals surface area contributed by atoms with Crippen LogP contribution in [0.2, 0.25) is 0 Å². The van der Waals surface area contributed by atoms with Crippen LogP contribution in [0.4, 0.5) is 0 Å². The summed E-state index contributed by atoms with van der Waals surface area (Å²) in [6.07, 6.45) is -1.78. The largest absolute Gasteiger partial charge is 0.480 e. The lowest BCUT2D eigenvalue weighted by atomic mass is 10.0. The van der Waals surface area contributed by atoms with Crippen molar-refractivity contribution in [3.8, 4) is 0 Å². The van der Waals surface area contributed by atoms with Crippen LogP contribution in [-0.4, -0.2) is 70.7 Å². The number of hydrogen-bond acceptors (Lipinski definition) is 8. The molecule has 0 aliphatic rings. The summed E-state index contributed by atoms with van der Waals surface area (Å²) in [5.41, 5.74) is 21.6. The first kappa shape index (κ1) is 31.5. The molecule has 15 heteroatoms. The fourth-order valence-corrected chi connectivity index (χ4v) is 3.29. The maximum atomic E-state index is 13.2. The molecule has 4 atom stereocenters. The van der Waals surface area contributed by atoms with Crippen LogP contribution in [0.5, 0.6) is 0 Å². The van der Waals surface area contributed by atoms with Gasteiger partial charge in [0.15, 0.2) is 0 Å². The van der Waals surface area contributed by atoms with Gasteiger partial charge < -0.3 is 44.0 Å². The number of carbonyl (C=O) groups excluding carboxylic acids is 6. The molecule has 0 bridgehead atoms. The maximum absolute atomic E-state index is 13.2. The summed E-state index contributed by atoms with van der Waals surface area (Å²) in [5.74, 6) is -6.52. The summed E-state index contributed by atoms with van der Waals surface area (Å²) >= 11 is 0. The fraction of sp³-hybridized carbons (Fsp3) is 0.435. The van der Waals surface area contributed by atoms with Gasteiger partial charge in [0, 0.05) is 19.3 Å². The lowest BCUT2D eigenvalue weighted by Gasteiger charge is -2.25. The molecule has 0 fully saturated rings. The summed E-state index contributed by atoms with van der Waals surface area (Å²) in [6, 6.07) is 2.95. The van der Waals surface area contributed by atoms with Gasteiger partial charge in [-0.3, -0.25) is 28.8 Å². The molecule has 0 spiro atoms. The Morgan fingerprint density at radius 1 is 0.684 bits per heavy atom. The number of primary amides is 3. The van der Waals surface area contributed by atoms with E-state index in [4.69, 9.17) is 22.9 Å². The summed E-state index contributed by atoms with van der Waals surface area (Å²) in [5, 5.41) is 16.4. The van der Waals surface area contributed by atoms with Crippen LogP contribution in [0.1, 0.15) is 37.7 Å². The normalized spacial score (nSPS) is 13.7. The number of amides is 6. The third-order valence-electron chi connectivity index (χ3n) is 5.28. The molecule has 0 aromatic heterocycles. The van der Waals surface area contributed by atoms with Crippen molar-refractivity contribution < 1.29 is 38.7 Å². The minimum Gasteiger partial charge on any atom is -0.480 e. The predicted molar refractivity (Wildman–Crippen MR) is 132 cm³/mol. The SMILES string of the molecule is NC(=O)CCC(NC(=O)C(CCC(N)=O)NC(=O)C(Cc1ccccc1)NC(=O)C(N)CC(N)=O)C(=O)O. The topological polar surface area (TPSA) is 280 Å². The highest BCUT2D eigenvalue weighted by Gasteiger charge is 2.31. The Hall–Kier alpha value is -4.53. The van der Waals surface area contributed by atoms with Gasteiger partial charge in [0.1, 0.15) is 18.1 Å². The summed E-state index contributed by atoms with van der Waals surface area (Å²) in [4.78, 5) is 83.5. The number of carbonyl (C=O) groups is 7. The molecule has 0 aliphatic carbocycles. The second-order valence-electron chi connectivity index (χ2n) is 8.50. The molecule has 0 saturated carbocycles. The second-order valence-corrected chi connectivity index (χ2v) is 8.50. The summed E-state index contributed by atoms with van der Waals surface area (Å²) in [7, 11) is 0. The van der Waals surface area contributed by atoms with Gasteiger partial charge in [-0.25, -0.2) is 4.79 Å². The molecule has 1 aromatic rings. The molecule has 0 aliphatic heterocycles. The Kier molecular flexibility index (Phi) is 12.9. The number of carboxylic acid groups (broad SMARTS) is 1. The van der Waals surface area contributed by atoms with Crippen LogP contribution in [-0.2, 0) is 40.0 Å². The van der Waals surface area contributed by atoms with E-state index >= 15 is 0 Å². The van der Waals surface area contributed by atoms with Crippen LogP contribution < -0.4 is 38.9 Å². The predicted octanol–water partition coefficient (Wildman–Crippen LogP) is -3.50. The Labute approximate surface area is 218 Å². The number of aliphatic carboxylic acids is 1. The van der Waals surface area contributed by atoms with Crippen LogP contribution >= 0.6 is 0 Å². The Morgan fingerprint density at radius 2 is 1.16 bits per heavy atom. The molecule has 0 heterocycles. The Bertz CT molecular complexity index is 1030. The average Bonchev–Trinajstić information content (AvgIpc) is 2.83. The Morgan fingerprint density at radius 3 is 1.66 bits per heavy atom. The maximum Gasteiger partial charge on any atom is 0.326 e. The minimum atomic E-state index is -1.51. The van der Waals surface area contributed by atoms with E-state index in [1.807, 2.05) is 0 Å². The summed E-state index contributed by atoms with van der Waals surface area (Å²) in [6.45, 7) is 0. The average molecular weight is 536 g/mol. The van der Waals surface area contributed by atoms with E-state index in [1.54, 1.807) is 30.3 Å². The third kappa shape index (κ3) is 11.9. The molecule has 6 amide bonds. The first-order chi connectivity index (χ1) is 17.8. The zero-order chi connectivity index (χ0) is 28.8. The van der Waals surface area contributed by atoms with Crippen LogP contribution in [0.3, 0.4) is 0 Å². The van der Waals surface area contributed by atoms with Crippen molar-refractivity contribution in [2.45, 2.75) is 62.7 Å². The van der Waals surface area contributed by atoms with Gasteiger partial charge in [0.05, 0.1) is 12.5 Å². The molecule has 4 unspecified atom stereocenters. The van der Waals surface area contributed by atoms with Crippen LogP contribution in [0.15, 0.2) is 30.3 Å². The van der Waals surface area contributed by atoms with E-state index < -0.39 is 72.0 Å². The third-order valence-corrected chi connectivity index (χ3v) is 5.28. The van der Waals surface area contributed by atoms with Crippen LogP contribution in [0, 0.1) is 0 Å². The summed E-state index contributed by atoms with van der Waals surface area (Å²) < 4.78 is 0. The van der Waals surface area contributed by atoms with E-state index in [9.17, 15) is 38.7 Å². The molecule has 38 heavy (non-hydrogen) atoms. The molecule has 0 saturated heterocycles. The quantitative estimate of drug-likeness (QED) is 0.0980. The second kappa shape index (κ2) is 15.6. The highest BCUT2D eigenvalue weighted by atomic mass is 16.4. The molecule has 12 N–H and O–H groups in total. The standard InChI is InChI=1S/C23H33N7O8/c24-13(11-19(27)33)20(34)30-16(10-12-4-2-1-3-5-12)22(36)28-14(6-8-17(25)31)21(35)29-15(23(37)38)7-9-18(26)32/h1-5,13-16H,6-11,24H2,(H2,25,31)(H2,26,32)(H2,27,33)(H,28,36)(H,29,35)(H,30,34)(H,37,38). The molecule has 15 nitrogen and oxygen atoms in total. The number of benzene rings is 1. The van der Waals surface area contributed by atoms with Gasteiger partial charge in [-0.2, -0.15) is 0 Å². The first-order valence-electron chi connectivity index (χ1n) is 11.6. The van der Waals surface area contributed by atoms with Gasteiger partial charge in [-0.05, 0) is 18.4 Å². The highest BCUT2D eigenvalue weighted by molar-refractivity contribution is 5.95. The molecular formula is C23H33N7O8. The smallest absolute Gasteiger partial charge is 0.326 e. The van der Waals surface area contributed by atoms with Crippen molar-refractivity contribution in [3.05, 3.63) is 35.9 Å². The number of carboxylic acids is 1. The van der Waals surface area contributed by atoms with Crippen molar-refractivity contribution in [3.63, 3.8) is 0 Å².